The van der Waals surface area contributed by atoms with Gasteiger partial charge < -0.3 is 15.2 Å². The van der Waals surface area contributed by atoms with Gasteiger partial charge >= 0.3 is 5.97 Å². The number of carbonyl (C=O) groups excluding carboxylic acids is 1. The van der Waals surface area contributed by atoms with Crippen LogP contribution in [0.25, 0.3) is 0 Å². The molecule has 0 aliphatic carbocycles. The molecule has 1 amide bonds. The number of carboxylic acid groups (broad SMARTS) is 1. The molecular formula is C13H24N2O4. The first kappa shape index (κ1) is 15.9. The van der Waals surface area contributed by atoms with Crippen LogP contribution in [0.1, 0.15) is 27.2 Å². The molecule has 1 aliphatic heterocycles. The normalized spacial score (nSPS) is 22.2. The summed E-state index contributed by atoms with van der Waals surface area (Å²) < 4.78 is 5.41. The van der Waals surface area contributed by atoms with Gasteiger partial charge in [-0.2, -0.15) is 0 Å². The molecule has 1 aliphatic rings. The first-order chi connectivity index (χ1) is 8.93. The smallest absolute Gasteiger partial charge is 0.326 e. The van der Waals surface area contributed by atoms with Crippen molar-refractivity contribution >= 4 is 11.9 Å². The van der Waals surface area contributed by atoms with E-state index in [-0.39, 0.29) is 11.8 Å². The summed E-state index contributed by atoms with van der Waals surface area (Å²) in [4.78, 5) is 25.3. The van der Waals surface area contributed by atoms with Gasteiger partial charge in [0.2, 0.25) is 0 Å². The molecule has 110 valence electrons. The monoisotopic (exact) mass is 272 g/mol. The number of amides is 1. The Morgan fingerprint density at radius 2 is 2.16 bits per heavy atom. The summed E-state index contributed by atoms with van der Waals surface area (Å²) in [6, 6.07) is -0.840. The SMILES string of the molecule is CCN1CCO[C@@H](C(=O)N[C@@H](CC(C)C)C(=O)O)C1. The Hall–Kier alpha value is -1.14. The van der Waals surface area contributed by atoms with Crippen LogP contribution < -0.4 is 5.32 Å². The highest BCUT2D eigenvalue weighted by Crippen LogP contribution is 2.08. The highest BCUT2D eigenvalue weighted by Gasteiger charge is 2.29. The van der Waals surface area contributed by atoms with Gasteiger partial charge in [-0.25, -0.2) is 4.79 Å². The standard InChI is InChI=1S/C13H24N2O4/c1-4-15-5-6-19-11(8-15)12(16)14-10(13(17)18)7-9(2)3/h9-11H,4-8H2,1-3H3,(H,14,16)(H,17,18)/t10-,11+/m0/s1. The number of nitrogens with one attached hydrogen (secondary N) is 1. The lowest BCUT2D eigenvalue weighted by molar-refractivity contribution is -0.147. The molecule has 1 rings (SSSR count). The third kappa shape index (κ3) is 5.16. The third-order valence-electron chi connectivity index (χ3n) is 3.21. The quantitative estimate of drug-likeness (QED) is 0.728. The predicted molar refractivity (Wildman–Crippen MR) is 70.9 cm³/mol. The topological polar surface area (TPSA) is 78.9 Å². The van der Waals surface area contributed by atoms with Crippen LogP contribution in [-0.2, 0) is 14.3 Å². The highest BCUT2D eigenvalue weighted by atomic mass is 16.5. The molecule has 0 aromatic rings. The largest absolute Gasteiger partial charge is 0.480 e. The van der Waals surface area contributed by atoms with E-state index < -0.39 is 18.1 Å². The number of carbonyl (C=O) groups is 2. The Kier molecular flexibility index (Phi) is 6.24. The van der Waals surface area contributed by atoms with Crippen molar-refractivity contribution in [2.75, 3.05) is 26.2 Å². The van der Waals surface area contributed by atoms with Gasteiger partial charge in [0.05, 0.1) is 6.61 Å². The lowest BCUT2D eigenvalue weighted by Gasteiger charge is -2.31. The molecule has 1 heterocycles. The first-order valence-electron chi connectivity index (χ1n) is 6.81. The van der Waals surface area contributed by atoms with Crippen LogP contribution in [0.15, 0.2) is 0 Å². The molecule has 2 N–H and O–H groups in total. The fourth-order valence-corrected chi connectivity index (χ4v) is 2.11. The van der Waals surface area contributed by atoms with E-state index >= 15 is 0 Å². The second kappa shape index (κ2) is 7.45. The van der Waals surface area contributed by atoms with Crippen molar-refractivity contribution in [1.29, 1.82) is 0 Å². The van der Waals surface area contributed by atoms with Crippen LogP contribution in [-0.4, -0.2) is 60.3 Å². The van der Waals surface area contributed by atoms with Crippen LogP contribution in [0.4, 0.5) is 0 Å². The molecule has 0 saturated carbocycles. The van der Waals surface area contributed by atoms with Crippen LogP contribution in [0.3, 0.4) is 0 Å². The van der Waals surface area contributed by atoms with Crippen LogP contribution in [0.5, 0.6) is 0 Å². The minimum Gasteiger partial charge on any atom is -0.480 e. The summed E-state index contributed by atoms with van der Waals surface area (Å²) in [5, 5.41) is 11.7. The first-order valence-corrected chi connectivity index (χ1v) is 6.81. The maximum Gasteiger partial charge on any atom is 0.326 e. The Balaban J connectivity index is 2.53. The van der Waals surface area contributed by atoms with E-state index in [2.05, 4.69) is 10.2 Å². The van der Waals surface area contributed by atoms with Crippen molar-refractivity contribution in [3.05, 3.63) is 0 Å². The summed E-state index contributed by atoms with van der Waals surface area (Å²) in [6.07, 6.45) is -0.145. The molecule has 1 saturated heterocycles. The van der Waals surface area contributed by atoms with Crippen molar-refractivity contribution in [1.82, 2.24) is 10.2 Å². The molecule has 6 nitrogen and oxygen atoms in total. The zero-order valence-corrected chi connectivity index (χ0v) is 11.9. The van der Waals surface area contributed by atoms with Gasteiger partial charge in [0.1, 0.15) is 12.1 Å². The van der Waals surface area contributed by atoms with Gasteiger partial charge in [0, 0.05) is 13.1 Å². The number of rotatable bonds is 6. The van der Waals surface area contributed by atoms with E-state index in [0.29, 0.717) is 19.6 Å². The zero-order valence-electron chi connectivity index (χ0n) is 11.9. The average Bonchev–Trinajstić information content (AvgIpc) is 2.37. The number of hydrogen-bond acceptors (Lipinski definition) is 4. The maximum absolute atomic E-state index is 12.0. The molecule has 19 heavy (non-hydrogen) atoms. The minimum atomic E-state index is -0.995. The number of ether oxygens (including phenoxy) is 1. The van der Waals surface area contributed by atoms with E-state index in [1.54, 1.807) is 0 Å². The Morgan fingerprint density at radius 3 is 2.68 bits per heavy atom. The summed E-state index contributed by atoms with van der Waals surface area (Å²) >= 11 is 0. The van der Waals surface area contributed by atoms with Gasteiger partial charge in [0.15, 0.2) is 0 Å². The molecule has 0 aromatic carbocycles. The van der Waals surface area contributed by atoms with Crippen molar-refractivity contribution < 1.29 is 19.4 Å². The molecule has 0 unspecified atom stereocenters. The molecule has 0 bridgehead atoms. The van der Waals surface area contributed by atoms with Crippen molar-refractivity contribution in [2.24, 2.45) is 5.92 Å². The Labute approximate surface area is 114 Å². The molecular weight excluding hydrogens is 248 g/mol. The number of aliphatic carboxylic acids is 1. The second-order valence-electron chi connectivity index (χ2n) is 5.28. The van der Waals surface area contributed by atoms with Gasteiger partial charge in [-0.1, -0.05) is 20.8 Å². The van der Waals surface area contributed by atoms with Crippen molar-refractivity contribution in [3.63, 3.8) is 0 Å². The van der Waals surface area contributed by atoms with Crippen molar-refractivity contribution in [2.45, 2.75) is 39.3 Å². The van der Waals surface area contributed by atoms with Crippen LogP contribution in [0, 0.1) is 5.92 Å². The maximum atomic E-state index is 12.0. The van der Waals surface area contributed by atoms with E-state index in [1.165, 1.54) is 0 Å². The number of carboxylic acids is 1. The zero-order chi connectivity index (χ0) is 14.4. The summed E-state index contributed by atoms with van der Waals surface area (Å²) in [5.74, 6) is -1.11. The number of hydrogen-bond donors (Lipinski definition) is 2. The second-order valence-corrected chi connectivity index (χ2v) is 5.28. The number of nitrogens with zero attached hydrogens (tertiary/aromatic N) is 1. The van der Waals surface area contributed by atoms with E-state index in [4.69, 9.17) is 9.84 Å². The summed E-state index contributed by atoms with van der Waals surface area (Å²) in [5.41, 5.74) is 0. The van der Waals surface area contributed by atoms with E-state index in [0.717, 1.165) is 13.1 Å². The third-order valence-corrected chi connectivity index (χ3v) is 3.21. The predicted octanol–water partition coefficient (Wildman–Crippen LogP) is 0.323. The average molecular weight is 272 g/mol. The molecule has 1 fully saturated rings. The van der Waals surface area contributed by atoms with Crippen molar-refractivity contribution in [3.8, 4) is 0 Å². The van der Waals surface area contributed by atoms with Gasteiger partial charge in [-0.05, 0) is 18.9 Å². The fraction of sp³-hybridized carbons (Fsp3) is 0.846. The van der Waals surface area contributed by atoms with Gasteiger partial charge in [-0.15, -0.1) is 0 Å². The number of likely N-dealkylation sites (N-methyl/N-ethyl adjacent to an activating group) is 1. The summed E-state index contributed by atoms with van der Waals surface area (Å²) in [7, 11) is 0. The van der Waals surface area contributed by atoms with E-state index in [9.17, 15) is 9.59 Å². The van der Waals surface area contributed by atoms with Gasteiger partial charge in [0.25, 0.3) is 5.91 Å². The summed E-state index contributed by atoms with van der Waals surface area (Å²) in [6.45, 7) is 8.59. The fourth-order valence-electron chi connectivity index (χ4n) is 2.11. The highest BCUT2D eigenvalue weighted by molar-refractivity contribution is 5.86. The van der Waals surface area contributed by atoms with Crippen LogP contribution >= 0.6 is 0 Å². The lowest BCUT2D eigenvalue weighted by Crippen LogP contribution is -2.53. The molecule has 0 aromatic heterocycles. The Bertz CT molecular complexity index is 320. The lowest BCUT2D eigenvalue weighted by atomic mass is 10.0. The molecule has 0 spiro atoms. The molecule has 0 radical (unpaired) electrons. The Morgan fingerprint density at radius 1 is 1.47 bits per heavy atom. The van der Waals surface area contributed by atoms with E-state index in [1.807, 2.05) is 20.8 Å². The van der Waals surface area contributed by atoms with Gasteiger partial charge in [-0.3, -0.25) is 9.69 Å². The molecule has 2 atom stereocenters. The molecule has 6 heteroatoms. The van der Waals surface area contributed by atoms with Crippen LogP contribution in [0.2, 0.25) is 0 Å². The number of morpholine rings is 1. The minimum absolute atomic E-state index is 0.209.